The van der Waals surface area contributed by atoms with Crippen molar-refractivity contribution in [1.82, 2.24) is 4.90 Å². The molecular weight excluding hydrogens is 404 g/mol. The Morgan fingerprint density at radius 2 is 1.61 bits per heavy atom. The maximum Gasteiger partial charge on any atom is 0.254 e. The van der Waals surface area contributed by atoms with Gasteiger partial charge in [-0.05, 0) is 31.2 Å². The Morgan fingerprint density at radius 3 is 2.19 bits per heavy atom. The van der Waals surface area contributed by atoms with Crippen LogP contribution in [0.4, 0.5) is 5.69 Å². The molecule has 0 atom stereocenters. The fraction of sp³-hybridized carbons (Fsp3) is 0.364. The summed E-state index contributed by atoms with van der Waals surface area (Å²) in [6.07, 6.45) is 0. The Bertz CT molecular complexity index is 936. The summed E-state index contributed by atoms with van der Waals surface area (Å²) >= 11 is 0. The van der Waals surface area contributed by atoms with E-state index in [2.05, 4.69) is 5.32 Å². The predicted molar refractivity (Wildman–Crippen MR) is 114 cm³/mol. The van der Waals surface area contributed by atoms with Crippen LogP contribution in [0.2, 0.25) is 0 Å². The summed E-state index contributed by atoms with van der Waals surface area (Å²) in [5, 5.41) is 2.79. The van der Waals surface area contributed by atoms with E-state index in [1.54, 1.807) is 37.3 Å². The number of benzene rings is 2. The van der Waals surface area contributed by atoms with E-state index >= 15 is 0 Å². The molecule has 3 rings (SSSR count). The first-order valence-corrected chi connectivity index (χ1v) is 9.79. The third-order valence-corrected chi connectivity index (χ3v) is 4.74. The van der Waals surface area contributed by atoms with Gasteiger partial charge in [-0.2, -0.15) is 0 Å². The number of methoxy groups -OCH3 is 3. The van der Waals surface area contributed by atoms with Crippen molar-refractivity contribution < 1.29 is 33.3 Å². The molecule has 31 heavy (non-hydrogen) atoms. The van der Waals surface area contributed by atoms with Crippen LogP contribution in [0.5, 0.6) is 28.7 Å². The standard InChI is InChI=1S/C22H26N2O7/c1-5-24(22(26)14-10-18(27-2)21(29-4)19(11-14)28-3)13-20(25)23-15-6-7-16-17(12-15)31-9-8-30-16/h6-7,10-12H,5,8-9,13H2,1-4H3,(H,23,25). The highest BCUT2D eigenvalue weighted by Gasteiger charge is 2.22. The molecule has 1 N–H and O–H groups in total. The van der Waals surface area contributed by atoms with Crippen LogP contribution >= 0.6 is 0 Å². The molecule has 1 heterocycles. The topological polar surface area (TPSA) is 95.6 Å². The molecule has 0 saturated heterocycles. The molecule has 0 spiro atoms. The number of ether oxygens (including phenoxy) is 5. The van der Waals surface area contributed by atoms with Crippen molar-refractivity contribution in [1.29, 1.82) is 0 Å². The molecule has 0 saturated carbocycles. The van der Waals surface area contributed by atoms with E-state index in [-0.39, 0.29) is 18.4 Å². The Morgan fingerprint density at radius 1 is 0.968 bits per heavy atom. The van der Waals surface area contributed by atoms with Crippen LogP contribution < -0.4 is 29.0 Å². The van der Waals surface area contributed by atoms with E-state index in [0.29, 0.717) is 59.8 Å². The number of carbonyl (C=O) groups excluding carboxylic acids is 2. The van der Waals surface area contributed by atoms with E-state index < -0.39 is 0 Å². The minimum atomic E-state index is -0.334. The number of amides is 2. The molecule has 9 heteroatoms. The van der Waals surface area contributed by atoms with Gasteiger partial charge in [-0.1, -0.05) is 0 Å². The van der Waals surface area contributed by atoms with Crippen LogP contribution in [-0.2, 0) is 4.79 Å². The smallest absolute Gasteiger partial charge is 0.254 e. The number of nitrogens with one attached hydrogen (secondary N) is 1. The van der Waals surface area contributed by atoms with Crippen LogP contribution in [0.3, 0.4) is 0 Å². The molecule has 0 bridgehead atoms. The Kier molecular flexibility index (Phi) is 7.07. The fourth-order valence-corrected chi connectivity index (χ4v) is 3.21. The molecule has 0 fully saturated rings. The lowest BCUT2D eigenvalue weighted by Gasteiger charge is -2.22. The molecule has 2 aromatic rings. The van der Waals surface area contributed by atoms with Crippen LogP contribution in [0.15, 0.2) is 30.3 Å². The molecule has 0 aliphatic carbocycles. The normalized spacial score (nSPS) is 12.0. The van der Waals surface area contributed by atoms with E-state index in [1.165, 1.54) is 26.2 Å². The lowest BCUT2D eigenvalue weighted by atomic mass is 10.1. The van der Waals surface area contributed by atoms with Crippen molar-refractivity contribution in [2.45, 2.75) is 6.92 Å². The zero-order valence-corrected chi connectivity index (χ0v) is 18.0. The van der Waals surface area contributed by atoms with Gasteiger partial charge in [0.2, 0.25) is 11.7 Å². The van der Waals surface area contributed by atoms with Gasteiger partial charge in [0, 0.05) is 23.9 Å². The number of likely N-dealkylation sites (N-methyl/N-ethyl adjacent to an activating group) is 1. The predicted octanol–water partition coefficient (Wildman–Crippen LogP) is 2.58. The van der Waals surface area contributed by atoms with Gasteiger partial charge in [0.1, 0.15) is 19.8 Å². The highest BCUT2D eigenvalue weighted by Crippen LogP contribution is 2.38. The fourth-order valence-electron chi connectivity index (χ4n) is 3.21. The van der Waals surface area contributed by atoms with Crippen LogP contribution in [0.1, 0.15) is 17.3 Å². The lowest BCUT2D eigenvalue weighted by molar-refractivity contribution is -0.116. The number of hydrogen-bond acceptors (Lipinski definition) is 7. The van der Waals surface area contributed by atoms with Crippen molar-refractivity contribution in [2.75, 3.05) is 52.9 Å². The zero-order valence-electron chi connectivity index (χ0n) is 18.0. The van der Waals surface area contributed by atoms with Gasteiger partial charge in [-0.3, -0.25) is 9.59 Å². The van der Waals surface area contributed by atoms with Gasteiger partial charge >= 0.3 is 0 Å². The summed E-state index contributed by atoms with van der Waals surface area (Å²) < 4.78 is 26.9. The number of carbonyl (C=O) groups is 2. The number of hydrogen-bond donors (Lipinski definition) is 1. The molecular formula is C22H26N2O7. The average Bonchev–Trinajstić information content (AvgIpc) is 2.80. The van der Waals surface area contributed by atoms with Crippen molar-refractivity contribution in [3.05, 3.63) is 35.9 Å². The minimum Gasteiger partial charge on any atom is -0.493 e. The Balaban J connectivity index is 1.73. The van der Waals surface area contributed by atoms with Gasteiger partial charge in [0.05, 0.1) is 21.3 Å². The molecule has 0 radical (unpaired) electrons. The summed E-state index contributed by atoms with van der Waals surface area (Å²) in [6.45, 7) is 2.96. The molecule has 1 aliphatic heterocycles. The van der Waals surface area contributed by atoms with Crippen molar-refractivity contribution >= 4 is 17.5 Å². The summed E-state index contributed by atoms with van der Waals surface area (Å²) in [5.41, 5.74) is 0.883. The largest absolute Gasteiger partial charge is 0.493 e. The van der Waals surface area contributed by atoms with Crippen molar-refractivity contribution in [2.24, 2.45) is 0 Å². The maximum atomic E-state index is 13.0. The van der Waals surface area contributed by atoms with E-state index in [1.807, 2.05) is 0 Å². The van der Waals surface area contributed by atoms with Crippen LogP contribution in [0.25, 0.3) is 0 Å². The van der Waals surface area contributed by atoms with Crippen molar-refractivity contribution in [3.8, 4) is 28.7 Å². The second kappa shape index (κ2) is 9.92. The quantitative estimate of drug-likeness (QED) is 0.688. The molecule has 1 aliphatic rings. The molecule has 9 nitrogen and oxygen atoms in total. The molecule has 0 aromatic heterocycles. The van der Waals surface area contributed by atoms with Gasteiger partial charge < -0.3 is 33.9 Å². The highest BCUT2D eigenvalue weighted by atomic mass is 16.6. The maximum absolute atomic E-state index is 13.0. The number of anilines is 1. The highest BCUT2D eigenvalue weighted by molar-refractivity contribution is 6.00. The number of fused-ring (bicyclic) bond motifs is 1. The number of nitrogens with zero attached hydrogens (tertiary/aromatic N) is 1. The van der Waals surface area contributed by atoms with Crippen LogP contribution in [-0.4, -0.2) is 64.3 Å². The van der Waals surface area contributed by atoms with E-state index in [0.717, 1.165) is 0 Å². The van der Waals surface area contributed by atoms with Crippen LogP contribution in [0, 0.1) is 0 Å². The monoisotopic (exact) mass is 430 g/mol. The summed E-state index contributed by atoms with van der Waals surface area (Å²) in [4.78, 5) is 27.1. The average molecular weight is 430 g/mol. The summed E-state index contributed by atoms with van der Waals surface area (Å²) in [6, 6.07) is 8.28. The second-order valence-electron chi connectivity index (χ2n) is 6.64. The molecule has 0 unspecified atom stereocenters. The molecule has 166 valence electrons. The third-order valence-electron chi connectivity index (χ3n) is 4.74. The van der Waals surface area contributed by atoms with Crippen molar-refractivity contribution in [3.63, 3.8) is 0 Å². The minimum absolute atomic E-state index is 0.125. The molecule has 2 aromatic carbocycles. The van der Waals surface area contributed by atoms with Gasteiger partial charge in [0.25, 0.3) is 5.91 Å². The van der Waals surface area contributed by atoms with E-state index in [9.17, 15) is 9.59 Å². The lowest BCUT2D eigenvalue weighted by Crippen LogP contribution is -2.37. The summed E-state index contributed by atoms with van der Waals surface area (Å²) in [5.74, 6) is 1.66. The molecule has 2 amide bonds. The van der Waals surface area contributed by atoms with Gasteiger partial charge in [-0.25, -0.2) is 0 Å². The zero-order chi connectivity index (χ0) is 22.4. The van der Waals surface area contributed by atoms with E-state index in [4.69, 9.17) is 23.7 Å². The third kappa shape index (κ3) is 4.93. The Hall–Kier alpha value is -3.62. The van der Waals surface area contributed by atoms with Gasteiger partial charge in [-0.15, -0.1) is 0 Å². The SMILES string of the molecule is CCN(CC(=O)Nc1ccc2c(c1)OCCO2)C(=O)c1cc(OC)c(OC)c(OC)c1. The van der Waals surface area contributed by atoms with Gasteiger partial charge in [0.15, 0.2) is 23.0 Å². The first kappa shape index (κ1) is 22.1. The number of rotatable bonds is 8. The second-order valence-corrected chi connectivity index (χ2v) is 6.64. The Labute approximate surface area is 180 Å². The first-order chi connectivity index (χ1) is 15.0. The summed E-state index contributed by atoms with van der Waals surface area (Å²) in [7, 11) is 4.44. The first-order valence-electron chi connectivity index (χ1n) is 9.79.